The van der Waals surface area contributed by atoms with E-state index in [0.29, 0.717) is 23.2 Å². The summed E-state index contributed by atoms with van der Waals surface area (Å²) in [5.41, 5.74) is 3.17. The van der Waals surface area contributed by atoms with Gasteiger partial charge in [-0.3, -0.25) is 9.69 Å². The van der Waals surface area contributed by atoms with Gasteiger partial charge in [-0.05, 0) is 53.2 Å². The van der Waals surface area contributed by atoms with E-state index in [1.165, 1.54) is 4.90 Å². The molecule has 2 aliphatic rings. The van der Waals surface area contributed by atoms with Crippen molar-refractivity contribution in [1.82, 2.24) is 9.80 Å². The van der Waals surface area contributed by atoms with Gasteiger partial charge in [-0.2, -0.15) is 0 Å². The molecule has 0 spiro atoms. The molecule has 1 fully saturated rings. The summed E-state index contributed by atoms with van der Waals surface area (Å²) < 4.78 is 16.6. The molecule has 0 saturated carbocycles. The number of benzene rings is 2. The van der Waals surface area contributed by atoms with Gasteiger partial charge in [0.25, 0.3) is 5.91 Å². The Morgan fingerprint density at radius 3 is 2.49 bits per heavy atom. The summed E-state index contributed by atoms with van der Waals surface area (Å²) in [6.07, 6.45) is 0. The molecule has 2 N–H and O–H groups in total. The quantitative estimate of drug-likeness (QED) is 0.465. The van der Waals surface area contributed by atoms with Gasteiger partial charge in [-0.1, -0.05) is 32.0 Å². The minimum Gasteiger partial charge on any atom is -0.492 e. The molecule has 2 aromatic rings. The summed E-state index contributed by atoms with van der Waals surface area (Å²) in [6, 6.07) is 9.83. The van der Waals surface area contributed by atoms with E-state index in [1.54, 1.807) is 32.9 Å². The molecule has 0 radical (unpaired) electrons. The zero-order valence-electron chi connectivity index (χ0n) is 21.7. The summed E-state index contributed by atoms with van der Waals surface area (Å²) in [5.74, 6) is -1.05. The number of carbonyl (C=O) groups is 2. The van der Waals surface area contributed by atoms with E-state index in [1.807, 2.05) is 24.3 Å². The molecule has 10 heteroatoms. The molecular formula is C27H35BN2O7. The number of aliphatic carboxylic acids is 1. The van der Waals surface area contributed by atoms with Crippen LogP contribution in [0.25, 0.3) is 0 Å². The third kappa shape index (κ3) is 6.33. The van der Waals surface area contributed by atoms with E-state index in [0.717, 1.165) is 49.7 Å². The van der Waals surface area contributed by atoms with Crippen LogP contribution in [0.15, 0.2) is 36.4 Å². The van der Waals surface area contributed by atoms with E-state index in [9.17, 15) is 19.7 Å². The minimum atomic E-state index is -1.09. The standard InChI is InChI=1S/C27H35BN2O7/c1-18(2)25(27(32)33)30(26(31)23-9-6-21-17-37-28(34)24(21)19(23)3)16-20-4-7-22(8-5-20)36-15-12-29-10-13-35-14-11-29/h4-9,18,25,34H,10-17H2,1-3H3,(H,32,33)/t25-/m0/s1. The Balaban J connectivity index is 1.50. The first-order chi connectivity index (χ1) is 17.8. The molecule has 2 heterocycles. The summed E-state index contributed by atoms with van der Waals surface area (Å²) in [5, 5.41) is 20.2. The SMILES string of the molecule is Cc1c(C(=O)N(Cc2ccc(OCCN3CCOCC3)cc2)[C@H](C(=O)O)C(C)C)ccc2c1B(O)OC2. The lowest BCUT2D eigenvalue weighted by Gasteiger charge is -2.32. The molecule has 37 heavy (non-hydrogen) atoms. The van der Waals surface area contributed by atoms with Crippen LogP contribution in [-0.4, -0.2) is 84.4 Å². The first kappa shape index (κ1) is 27.1. The number of ether oxygens (including phenoxy) is 2. The van der Waals surface area contributed by atoms with Gasteiger partial charge in [-0.25, -0.2) is 4.79 Å². The van der Waals surface area contributed by atoms with Crippen molar-refractivity contribution in [3.05, 3.63) is 58.7 Å². The Kier molecular flexibility index (Phi) is 8.86. The van der Waals surface area contributed by atoms with Crippen LogP contribution in [-0.2, 0) is 27.3 Å². The molecule has 2 aromatic carbocycles. The van der Waals surface area contributed by atoms with Crippen LogP contribution in [0.1, 0.15) is 40.9 Å². The maximum Gasteiger partial charge on any atom is 0.492 e. The van der Waals surface area contributed by atoms with Gasteiger partial charge in [-0.15, -0.1) is 0 Å². The highest BCUT2D eigenvalue weighted by atomic mass is 16.5. The average Bonchev–Trinajstić information content (AvgIpc) is 3.26. The smallest absolute Gasteiger partial charge is 0.492 e. The van der Waals surface area contributed by atoms with Crippen molar-refractivity contribution in [2.75, 3.05) is 39.5 Å². The molecule has 198 valence electrons. The number of hydrogen-bond donors (Lipinski definition) is 2. The molecule has 2 aliphatic heterocycles. The Hall–Kier alpha value is -2.92. The van der Waals surface area contributed by atoms with Crippen molar-refractivity contribution < 1.29 is 33.8 Å². The fourth-order valence-corrected chi connectivity index (χ4v) is 4.97. The maximum absolute atomic E-state index is 13.8. The first-order valence-corrected chi connectivity index (χ1v) is 12.7. The lowest BCUT2D eigenvalue weighted by Crippen LogP contribution is -2.48. The molecular weight excluding hydrogens is 475 g/mol. The predicted molar refractivity (Wildman–Crippen MR) is 139 cm³/mol. The summed E-state index contributed by atoms with van der Waals surface area (Å²) >= 11 is 0. The monoisotopic (exact) mass is 510 g/mol. The molecule has 1 atom stereocenters. The maximum atomic E-state index is 13.8. The van der Waals surface area contributed by atoms with Crippen molar-refractivity contribution in [2.45, 2.75) is 40.0 Å². The van der Waals surface area contributed by atoms with Crippen molar-refractivity contribution in [2.24, 2.45) is 5.92 Å². The molecule has 9 nitrogen and oxygen atoms in total. The lowest BCUT2D eigenvalue weighted by molar-refractivity contribution is -0.144. The van der Waals surface area contributed by atoms with Crippen LogP contribution in [0.3, 0.4) is 0 Å². The number of nitrogens with zero attached hydrogens (tertiary/aromatic N) is 2. The van der Waals surface area contributed by atoms with E-state index < -0.39 is 25.0 Å². The van der Waals surface area contributed by atoms with Crippen LogP contribution in [0.5, 0.6) is 5.75 Å². The van der Waals surface area contributed by atoms with Crippen molar-refractivity contribution in [3.8, 4) is 5.75 Å². The Labute approximate surface area is 218 Å². The second-order valence-corrected chi connectivity index (χ2v) is 9.88. The molecule has 1 amide bonds. The Bertz CT molecular complexity index is 1100. The van der Waals surface area contributed by atoms with E-state index in [-0.39, 0.29) is 19.1 Å². The summed E-state index contributed by atoms with van der Waals surface area (Å²) in [6.45, 7) is 10.4. The molecule has 0 aromatic heterocycles. The summed E-state index contributed by atoms with van der Waals surface area (Å²) in [7, 11) is -1.09. The lowest BCUT2D eigenvalue weighted by atomic mass is 9.75. The van der Waals surface area contributed by atoms with Gasteiger partial charge >= 0.3 is 13.1 Å². The van der Waals surface area contributed by atoms with Gasteiger partial charge in [0.15, 0.2) is 0 Å². The van der Waals surface area contributed by atoms with Crippen molar-refractivity contribution in [1.29, 1.82) is 0 Å². The molecule has 0 bridgehead atoms. The predicted octanol–water partition coefficient (Wildman–Crippen LogP) is 1.68. The second-order valence-electron chi connectivity index (χ2n) is 9.88. The van der Waals surface area contributed by atoms with Crippen molar-refractivity contribution in [3.63, 3.8) is 0 Å². The number of fused-ring (bicyclic) bond motifs is 1. The third-order valence-corrected chi connectivity index (χ3v) is 7.02. The molecule has 0 unspecified atom stereocenters. The van der Waals surface area contributed by atoms with Gasteiger partial charge in [0.1, 0.15) is 18.4 Å². The van der Waals surface area contributed by atoms with Crippen molar-refractivity contribution >= 4 is 24.5 Å². The van der Waals surface area contributed by atoms with Gasteiger partial charge in [0.2, 0.25) is 0 Å². The number of amides is 1. The van der Waals surface area contributed by atoms with Gasteiger partial charge < -0.3 is 29.2 Å². The fourth-order valence-electron chi connectivity index (χ4n) is 4.97. The zero-order chi connectivity index (χ0) is 26.5. The normalized spacial score (nSPS) is 16.5. The largest absolute Gasteiger partial charge is 0.492 e. The highest BCUT2D eigenvalue weighted by Crippen LogP contribution is 2.23. The highest BCUT2D eigenvalue weighted by Gasteiger charge is 2.36. The van der Waals surface area contributed by atoms with Gasteiger partial charge in [0.05, 0.1) is 19.8 Å². The number of carboxylic acid groups (broad SMARTS) is 1. The molecule has 4 rings (SSSR count). The zero-order valence-corrected chi connectivity index (χ0v) is 21.7. The highest BCUT2D eigenvalue weighted by molar-refractivity contribution is 6.62. The first-order valence-electron chi connectivity index (χ1n) is 12.7. The van der Waals surface area contributed by atoms with Crippen LogP contribution in [0.2, 0.25) is 0 Å². The van der Waals surface area contributed by atoms with Crippen LogP contribution >= 0.6 is 0 Å². The number of rotatable bonds is 10. The third-order valence-electron chi connectivity index (χ3n) is 7.02. The minimum absolute atomic E-state index is 0.123. The Morgan fingerprint density at radius 2 is 1.84 bits per heavy atom. The van der Waals surface area contributed by atoms with E-state index in [4.69, 9.17) is 14.1 Å². The second kappa shape index (κ2) is 12.1. The van der Waals surface area contributed by atoms with Crippen LogP contribution < -0.4 is 10.2 Å². The number of carboxylic acids is 1. The van der Waals surface area contributed by atoms with Crippen LogP contribution in [0, 0.1) is 12.8 Å². The van der Waals surface area contributed by atoms with Gasteiger partial charge in [0, 0.05) is 31.7 Å². The number of hydrogen-bond acceptors (Lipinski definition) is 7. The van der Waals surface area contributed by atoms with E-state index in [2.05, 4.69) is 4.90 Å². The Morgan fingerprint density at radius 1 is 1.14 bits per heavy atom. The summed E-state index contributed by atoms with van der Waals surface area (Å²) in [4.78, 5) is 29.7. The topological polar surface area (TPSA) is 109 Å². The molecule has 0 aliphatic carbocycles. The average molecular weight is 510 g/mol. The number of morpholine rings is 1. The molecule has 1 saturated heterocycles. The van der Waals surface area contributed by atoms with E-state index >= 15 is 0 Å². The number of carbonyl (C=O) groups excluding carboxylic acids is 1. The van der Waals surface area contributed by atoms with Crippen LogP contribution in [0.4, 0.5) is 0 Å². The fraction of sp³-hybridized carbons (Fsp3) is 0.481.